The summed E-state index contributed by atoms with van der Waals surface area (Å²) in [6.45, 7) is 9.03. The lowest BCUT2D eigenvalue weighted by molar-refractivity contribution is -0.143. The van der Waals surface area contributed by atoms with Gasteiger partial charge in [0.15, 0.2) is 0 Å². The van der Waals surface area contributed by atoms with Gasteiger partial charge in [0.05, 0.1) is 19.8 Å². The second kappa shape index (κ2) is 10.3. The molecule has 0 saturated heterocycles. The largest absolute Gasteiger partial charge is 0.468 e. The standard InChI is InChI=1S/C13H28N2O3/c1-6-7-14-12(13(16)17-5)10-15(4)8-9-18-11(2)3/h11-12,14H,6-10H2,1-5H3. The highest BCUT2D eigenvalue weighted by atomic mass is 16.5. The maximum atomic E-state index is 11.6. The van der Waals surface area contributed by atoms with Crippen LogP contribution in [0.25, 0.3) is 0 Å². The van der Waals surface area contributed by atoms with Crippen LogP contribution in [-0.2, 0) is 14.3 Å². The predicted molar refractivity (Wildman–Crippen MR) is 72.7 cm³/mol. The summed E-state index contributed by atoms with van der Waals surface area (Å²) in [5, 5.41) is 3.19. The molecular weight excluding hydrogens is 232 g/mol. The third-order valence-corrected chi connectivity index (χ3v) is 2.54. The van der Waals surface area contributed by atoms with Crippen LogP contribution in [0.4, 0.5) is 0 Å². The highest BCUT2D eigenvalue weighted by Gasteiger charge is 2.19. The molecule has 0 aliphatic carbocycles. The molecule has 0 amide bonds. The van der Waals surface area contributed by atoms with Crippen LogP contribution in [0.5, 0.6) is 0 Å². The van der Waals surface area contributed by atoms with E-state index >= 15 is 0 Å². The number of carbonyl (C=O) groups is 1. The number of hydrogen-bond acceptors (Lipinski definition) is 5. The minimum atomic E-state index is -0.265. The van der Waals surface area contributed by atoms with Gasteiger partial charge >= 0.3 is 5.97 Å². The van der Waals surface area contributed by atoms with Gasteiger partial charge in [-0.05, 0) is 33.9 Å². The maximum absolute atomic E-state index is 11.6. The summed E-state index contributed by atoms with van der Waals surface area (Å²) < 4.78 is 10.3. The molecular formula is C13H28N2O3. The number of rotatable bonds is 10. The van der Waals surface area contributed by atoms with Crippen LogP contribution in [0.2, 0.25) is 0 Å². The van der Waals surface area contributed by atoms with Gasteiger partial charge in [-0.2, -0.15) is 0 Å². The van der Waals surface area contributed by atoms with Gasteiger partial charge in [-0.25, -0.2) is 0 Å². The first-order valence-corrected chi connectivity index (χ1v) is 6.62. The fraction of sp³-hybridized carbons (Fsp3) is 0.923. The Morgan fingerprint density at radius 3 is 2.56 bits per heavy atom. The molecule has 0 aliphatic heterocycles. The van der Waals surface area contributed by atoms with E-state index in [1.165, 1.54) is 7.11 Å². The highest BCUT2D eigenvalue weighted by molar-refractivity contribution is 5.75. The Morgan fingerprint density at radius 2 is 2.06 bits per heavy atom. The molecule has 0 aliphatic rings. The van der Waals surface area contributed by atoms with Gasteiger partial charge in [-0.3, -0.25) is 4.79 Å². The van der Waals surface area contributed by atoms with E-state index in [-0.39, 0.29) is 18.1 Å². The summed E-state index contributed by atoms with van der Waals surface area (Å²) in [5.74, 6) is -0.208. The van der Waals surface area contributed by atoms with Crippen LogP contribution in [0, 0.1) is 0 Å². The van der Waals surface area contributed by atoms with Crippen molar-refractivity contribution in [1.29, 1.82) is 0 Å². The third-order valence-electron chi connectivity index (χ3n) is 2.54. The van der Waals surface area contributed by atoms with Crippen LogP contribution >= 0.6 is 0 Å². The van der Waals surface area contributed by atoms with Crippen LogP contribution in [-0.4, -0.2) is 63.4 Å². The number of nitrogens with one attached hydrogen (secondary N) is 1. The number of carbonyl (C=O) groups excluding carboxylic acids is 1. The molecule has 0 aromatic rings. The molecule has 18 heavy (non-hydrogen) atoms. The lowest BCUT2D eigenvalue weighted by Gasteiger charge is -2.23. The molecule has 0 bridgehead atoms. The summed E-state index contributed by atoms with van der Waals surface area (Å²) in [6, 6.07) is -0.265. The van der Waals surface area contributed by atoms with Crippen molar-refractivity contribution in [1.82, 2.24) is 10.2 Å². The second-order valence-corrected chi connectivity index (χ2v) is 4.71. The fourth-order valence-corrected chi connectivity index (χ4v) is 1.53. The number of methoxy groups -OCH3 is 1. The number of esters is 1. The Morgan fingerprint density at radius 1 is 1.39 bits per heavy atom. The number of nitrogens with zero attached hydrogens (tertiary/aromatic N) is 1. The Labute approximate surface area is 111 Å². The number of likely N-dealkylation sites (N-methyl/N-ethyl adjacent to an activating group) is 1. The van der Waals surface area contributed by atoms with Gasteiger partial charge in [0.1, 0.15) is 6.04 Å². The first-order valence-electron chi connectivity index (χ1n) is 6.62. The van der Waals surface area contributed by atoms with Crippen molar-refractivity contribution in [3.63, 3.8) is 0 Å². The Bertz CT molecular complexity index is 222. The zero-order chi connectivity index (χ0) is 14.0. The molecule has 1 N–H and O–H groups in total. The summed E-state index contributed by atoms with van der Waals surface area (Å²) in [7, 11) is 3.40. The summed E-state index contributed by atoms with van der Waals surface area (Å²) >= 11 is 0. The van der Waals surface area contributed by atoms with Crippen molar-refractivity contribution >= 4 is 5.97 Å². The van der Waals surface area contributed by atoms with Gasteiger partial charge in [-0.1, -0.05) is 6.92 Å². The molecule has 108 valence electrons. The van der Waals surface area contributed by atoms with Crippen molar-refractivity contribution in [2.75, 3.05) is 40.4 Å². The van der Waals surface area contributed by atoms with Crippen LogP contribution < -0.4 is 5.32 Å². The molecule has 0 fully saturated rings. The van der Waals surface area contributed by atoms with E-state index < -0.39 is 0 Å². The minimum absolute atomic E-state index is 0.208. The smallest absolute Gasteiger partial charge is 0.324 e. The molecule has 0 rings (SSSR count). The molecule has 5 nitrogen and oxygen atoms in total. The first kappa shape index (κ1) is 17.4. The molecule has 0 spiro atoms. The SMILES string of the molecule is CCCNC(CN(C)CCOC(C)C)C(=O)OC. The summed E-state index contributed by atoms with van der Waals surface area (Å²) in [6.07, 6.45) is 1.24. The third kappa shape index (κ3) is 8.44. The minimum Gasteiger partial charge on any atom is -0.468 e. The van der Waals surface area contributed by atoms with E-state index in [2.05, 4.69) is 17.1 Å². The molecule has 0 heterocycles. The van der Waals surface area contributed by atoms with Gasteiger partial charge in [0, 0.05) is 13.1 Å². The Hall–Kier alpha value is -0.650. The van der Waals surface area contributed by atoms with Crippen molar-refractivity contribution < 1.29 is 14.3 Å². The molecule has 0 radical (unpaired) electrons. The van der Waals surface area contributed by atoms with Gasteiger partial charge in [0.2, 0.25) is 0 Å². The predicted octanol–water partition coefficient (Wildman–Crippen LogP) is 0.884. The Balaban J connectivity index is 4.01. The molecule has 1 unspecified atom stereocenters. The van der Waals surface area contributed by atoms with Crippen LogP contribution in [0.1, 0.15) is 27.2 Å². The van der Waals surface area contributed by atoms with E-state index in [9.17, 15) is 4.79 Å². The lowest BCUT2D eigenvalue weighted by atomic mass is 10.2. The normalized spacial score (nSPS) is 13.1. The van der Waals surface area contributed by atoms with Crippen molar-refractivity contribution in [3.8, 4) is 0 Å². The lowest BCUT2D eigenvalue weighted by Crippen LogP contribution is -2.46. The maximum Gasteiger partial charge on any atom is 0.324 e. The van der Waals surface area contributed by atoms with E-state index in [1.807, 2.05) is 20.9 Å². The zero-order valence-corrected chi connectivity index (χ0v) is 12.4. The van der Waals surface area contributed by atoms with Crippen molar-refractivity contribution in [2.45, 2.75) is 39.3 Å². The molecule has 0 aromatic heterocycles. The average Bonchev–Trinajstić information content (AvgIpc) is 2.32. The quantitative estimate of drug-likeness (QED) is 0.591. The molecule has 1 atom stereocenters. The van der Waals surface area contributed by atoms with Crippen molar-refractivity contribution in [3.05, 3.63) is 0 Å². The monoisotopic (exact) mass is 260 g/mol. The average molecular weight is 260 g/mol. The van der Waals surface area contributed by atoms with E-state index in [4.69, 9.17) is 9.47 Å². The van der Waals surface area contributed by atoms with Crippen LogP contribution in [0.3, 0.4) is 0 Å². The van der Waals surface area contributed by atoms with E-state index in [0.29, 0.717) is 13.2 Å². The molecule has 5 heteroatoms. The summed E-state index contributed by atoms with van der Waals surface area (Å²) in [4.78, 5) is 13.7. The van der Waals surface area contributed by atoms with Crippen LogP contribution in [0.15, 0.2) is 0 Å². The zero-order valence-electron chi connectivity index (χ0n) is 12.4. The van der Waals surface area contributed by atoms with Gasteiger partial charge < -0.3 is 19.7 Å². The van der Waals surface area contributed by atoms with Gasteiger partial charge in [-0.15, -0.1) is 0 Å². The number of ether oxygens (including phenoxy) is 2. The topological polar surface area (TPSA) is 50.8 Å². The van der Waals surface area contributed by atoms with E-state index in [1.54, 1.807) is 0 Å². The summed E-state index contributed by atoms with van der Waals surface area (Å²) in [5.41, 5.74) is 0. The second-order valence-electron chi connectivity index (χ2n) is 4.71. The fourth-order valence-electron chi connectivity index (χ4n) is 1.53. The van der Waals surface area contributed by atoms with E-state index in [0.717, 1.165) is 19.5 Å². The highest BCUT2D eigenvalue weighted by Crippen LogP contribution is 1.95. The first-order chi connectivity index (χ1) is 8.51. The Kier molecular flexibility index (Phi) is 9.92. The molecule has 0 aromatic carbocycles. The van der Waals surface area contributed by atoms with Gasteiger partial charge in [0.25, 0.3) is 0 Å². The van der Waals surface area contributed by atoms with Crippen molar-refractivity contribution in [2.24, 2.45) is 0 Å². The molecule has 0 saturated carbocycles. The number of hydrogen-bond donors (Lipinski definition) is 1.